The van der Waals surface area contributed by atoms with Crippen LogP contribution in [0, 0.1) is 13.8 Å². The molecule has 0 saturated carbocycles. The first-order chi connectivity index (χ1) is 13.9. The lowest BCUT2D eigenvalue weighted by Crippen LogP contribution is -2.25. The SMILES string of the molecule is C=C(C)C(=O)NCc1nc2ccccc2n1CCCCOc1cc(C)cc(C)c1. The number of para-hydroxylation sites is 2. The Labute approximate surface area is 172 Å². The van der Waals surface area contributed by atoms with Crippen molar-refractivity contribution < 1.29 is 9.53 Å². The maximum absolute atomic E-state index is 11.9. The van der Waals surface area contributed by atoms with Gasteiger partial charge in [0.15, 0.2) is 0 Å². The maximum atomic E-state index is 11.9. The number of nitrogens with zero attached hydrogens (tertiary/aromatic N) is 2. The number of aryl methyl sites for hydroxylation is 3. The fourth-order valence-corrected chi connectivity index (χ4v) is 3.40. The first kappa shape index (κ1) is 20.6. The van der Waals surface area contributed by atoms with Crippen LogP contribution in [0.3, 0.4) is 0 Å². The Balaban J connectivity index is 1.60. The molecule has 0 spiro atoms. The van der Waals surface area contributed by atoms with Gasteiger partial charge < -0.3 is 14.6 Å². The Morgan fingerprint density at radius 2 is 1.86 bits per heavy atom. The molecule has 3 rings (SSSR count). The lowest BCUT2D eigenvalue weighted by molar-refractivity contribution is -0.117. The highest BCUT2D eigenvalue weighted by Gasteiger charge is 2.11. The molecule has 1 heterocycles. The molecule has 0 aliphatic rings. The van der Waals surface area contributed by atoms with Crippen LogP contribution in [0.2, 0.25) is 0 Å². The molecule has 3 aromatic rings. The highest BCUT2D eigenvalue weighted by atomic mass is 16.5. The van der Waals surface area contributed by atoms with Crippen LogP contribution in [0.4, 0.5) is 0 Å². The van der Waals surface area contributed by atoms with Crippen LogP contribution < -0.4 is 10.1 Å². The van der Waals surface area contributed by atoms with Crippen LogP contribution in [0.15, 0.2) is 54.6 Å². The lowest BCUT2D eigenvalue weighted by atomic mass is 10.1. The van der Waals surface area contributed by atoms with Crippen LogP contribution >= 0.6 is 0 Å². The normalized spacial score (nSPS) is 10.9. The fraction of sp³-hybridized carbons (Fsp3) is 0.333. The molecule has 29 heavy (non-hydrogen) atoms. The smallest absolute Gasteiger partial charge is 0.246 e. The first-order valence-corrected chi connectivity index (χ1v) is 10.0. The van der Waals surface area contributed by atoms with Gasteiger partial charge in [-0.3, -0.25) is 4.79 Å². The number of carbonyl (C=O) groups is 1. The molecule has 0 unspecified atom stereocenters. The monoisotopic (exact) mass is 391 g/mol. The van der Waals surface area contributed by atoms with E-state index < -0.39 is 0 Å². The quantitative estimate of drug-likeness (QED) is 0.425. The number of ether oxygens (including phenoxy) is 1. The van der Waals surface area contributed by atoms with E-state index in [1.165, 1.54) is 11.1 Å². The van der Waals surface area contributed by atoms with E-state index in [0.717, 1.165) is 42.0 Å². The van der Waals surface area contributed by atoms with Gasteiger partial charge in [0.05, 0.1) is 24.2 Å². The van der Waals surface area contributed by atoms with Crippen molar-refractivity contribution in [2.75, 3.05) is 6.61 Å². The lowest BCUT2D eigenvalue weighted by Gasteiger charge is -2.11. The van der Waals surface area contributed by atoms with Gasteiger partial charge in [-0.05, 0) is 69.0 Å². The van der Waals surface area contributed by atoms with Gasteiger partial charge in [-0.25, -0.2) is 4.98 Å². The van der Waals surface area contributed by atoms with E-state index in [9.17, 15) is 4.79 Å². The number of rotatable bonds is 9. The maximum Gasteiger partial charge on any atom is 0.246 e. The van der Waals surface area contributed by atoms with Crippen molar-refractivity contribution in [1.82, 2.24) is 14.9 Å². The number of hydrogen-bond acceptors (Lipinski definition) is 3. The van der Waals surface area contributed by atoms with Crippen LogP contribution in [-0.4, -0.2) is 22.1 Å². The zero-order valence-corrected chi connectivity index (χ0v) is 17.5. The minimum absolute atomic E-state index is 0.148. The molecule has 0 aliphatic heterocycles. The largest absolute Gasteiger partial charge is 0.494 e. The van der Waals surface area contributed by atoms with Gasteiger partial charge in [0.1, 0.15) is 11.6 Å². The molecule has 0 bridgehead atoms. The van der Waals surface area contributed by atoms with Crippen LogP contribution in [-0.2, 0) is 17.9 Å². The number of aromatic nitrogens is 2. The summed E-state index contributed by atoms with van der Waals surface area (Å²) in [6.45, 7) is 11.4. The highest BCUT2D eigenvalue weighted by Crippen LogP contribution is 2.18. The summed E-state index contributed by atoms with van der Waals surface area (Å²) in [5, 5.41) is 2.89. The van der Waals surface area contributed by atoms with E-state index in [0.29, 0.717) is 18.7 Å². The van der Waals surface area contributed by atoms with Crippen LogP contribution in [0.1, 0.15) is 36.7 Å². The van der Waals surface area contributed by atoms with Crippen molar-refractivity contribution >= 4 is 16.9 Å². The van der Waals surface area contributed by atoms with Crippen molar-refractivity contribution in [3.63, 3.8) is 0 Å². The summed E-state index contributed by atoms with van der Waals surface area (Å²) in [7, 11) is 0. The van der Waals surface area contributed by atoms with Gasteiger partial charge in [0.25, 0.3) is 0 Å². The summed E-state index contributed by atoms with van der Waals surface area (Å²) in [5.41, 5.74) is 4.95. The van der Waals surface area contributed by atoms with Crippen LogP contribution in [0.25, 0.3) is 11.0 Å². The Bertz CT molecular complexity index is 1000. The van der Waals surface area contributed by atoms with Gasteiger partial charge >= 0.3 is 0 Å². The predicted molar refractivity (Wildman–Crippen MR) is 117 cm³/mol. The molecule has 1 aromatic heterocycles. The van der Waals surface area contributed by atoms with Crippen molar-refractivity contribution in [1.29, 1.82) is 0 Å². The highest BCUT2D eigenvalue weighted by molar-refractivity contribution is 5.92. The Morgan fingerprint density at radius 3 is 2.59 bits per heavy atom. The number of carbonyl (C=O) groups excluding carboxylic acids is 1. The van der Waals surface area contributed by atoms with Crippen LogP contribution in [0.5, 0.6) is 5.75 Å². The molecule has 0 radical (unpaired) electrons. The van der Waals surface area contributed by atoms with Gasteiger partial charge in [-0.15, -0.1) is 0 Å². The van der Waals surface area contributed by atoms with Crippen molar-refractivity contribution in [3.05, 3.63) is 71.6 Å². The van der Waals surface area contributed by atoms with E-state index in [4.69, 9.17) is 9.72 Å². The number of fused-ring (bicyclic) bond motifs is 1. The average Bonchev–Trinajstić information content (AvgIpc) is 3.02. The standard InChI is InChI=1S/C24H29N3O2/c1-17(2)24(28)25-16-23-26-21-9-5-6-10-22(21)27(23)11-7-8-12-29-20-14-18(3)13-19(4)15-20/h5-6,9-10,13-15H,1,7-8,11-12,16H2,2-4H3,(H,25,28). The van der Waals surface area contributed by atoms with Gasteiger partial charge in [-0.2, -0.15) is 0 Å². The molecule has 0 fully saturated rings. The van der Waals surface area contributed by atoms with Gasteiger partial charge in [0.2, 0.25) is 5.91 Å². The molecular formula is C24H29N3O2. The summed E-state index contributed by atoms with van der Waals surface area (Å²) >= 11 is 0. The number of nitrogens with one attached hydrogen (secondary N) is 1. The molecule has 1 amide bonds. The zero-order chi connectivity index (χ0) is 20.8. The molecule has 0 atom stereocenters. The van der Waals surface area contributed by atoms with Crippen molar-refractivity contribution in [2.45, 2.75) is 46.7 Å². The second-order valence-electron chi connectivity index (χ2n) is 7.51. The first-order valence-electron chi connectivity index (χ1n) is 10.0. The van der Waals surface area contributed by atoms with Crippen molar-refractivity contribution in [2.24, 2.45) is 0 Å². The number of amides is 1. The summed E-state index contributed by atoms with van der Waals surface area (Å²) in [6, 6.07) is 14.3. The van der Waals surface area contributed by atoms with E-state index in [-0.39, 0.29) is 5.91 Å². The van der Waals surface area contributed by atoms with E-state index in [1.807, 2.05) is 18.2 Å². The third-order valence-electron chi connectivity index (χ3n) is 4.77. The number of unbranched alkanes of at least 4 members (excludes halogenated alkanes) is 1. The molecule has 0 aliphatic carbocycles. The number of benzene rings is 2. The molecule has 0 saturated heterocycles. The van der Waals surface area contributed by atoms with Crippen molar-refractivity contribution in [3.8, 4) is 5.75 Å². The minimum Gasteiger partial charge on any atom is -0.494 e. The zero-order valence-electron chi connectivity index (χ0n) is 17.5. The molecule has 5 nitrogen and oxygen atoms in total. The molecular weight excluding hydrogens is 362 g/mol. The fourth-order valence-electron chi connectivity index (χ4n) is 3.40. The Kier molecular flexibility index (Phi) is 6.70. The summed E-state index contributed by atoms with van der Waals surface area (Å²) in [5.74, 6) is 1.64. The van der Waals surface area contributed by atoms with E-state index in [2.05, 4.69) is 54.6 Å². The summed E-state index contributed by atoms with van der Waals surface area (Å²) in [4.78, 5) is 16.6. The molecule has 1 N–H and O–H groups in total. The van der Waals surface area contributed by atoms with E-state index >= 15 is 0 Å². The molecule has 5 heteroatoms. The van der Waals surface area contributed by atoms with Gasteiger partial charge in [0, 0.05) is 12.1 Å². The third-order valence-corrected chi connectivity index (χ3v) is 4.77. The summed E-state index contributed by atoms with van der Waals surface area (Å²) in [6.07, 6.45) is 1.91. The Morgan fingerprint density at radius 1 is 1.14 bits per heavy atom. The second-order valence-corrected chi connectivity index (χ2v) is 7.51. The average molecular weight is 392 g/mol. The minimum atomic E-state index is -0.148. The number of imidazole rings is 1. The second kappa shape index (κ2) is 9.41. The molecule has 2 aromatic carbocycles. The summed E-state index contributed by atoms with van der Waals surface area (Å²) < 4.78 is 8.10. The topological polar surface area (TPSA) is 56.2 Å². The third kappa shape index (κ3) is 5.47. The Hall–Kier alpha value is -3.08. The van der Waals surface area contributed by atoms with Gasteiger partial charge in [-0.1, -0.05) is 24.8 Å². The van der Waals surface area contributed by atoms with E-state index in [1.54, 1.807) is 6.92 Å². The predicted octanol–water partition coefficient (Wildman–Crippen LogP) is 4.70. The molecule has 152 valence electrons. The number of hydrogen-bond donors (Lipinski definition) is 1.